The van der Waals surface area contributed by atoms with Crippen molar-refractivity contribution in [2.24, 2.45) is 11.8 Å². The Morgan fingerprint density at radius 3 is 2.61 bits per heavy atom. The zero-order valence-corrected chi connectivity index (χ0v) is 11.7. The van der Waals surface area contributed by atoms with E-state index in [1.807, 2.05) is 11.8 Å². The second kappa shape index (κ2) is 4.90. The summed E-state index contributed by atoms with van der Waals surface area (Å²) < 4.78 is 0. The number of amides is 2. The Morgan fingerprint density at radius 2 is 2.06 bits per heavy atom. The van der Waals surface area contributed by atoms with Crippen molar-refractivity contribution in [1.29, 1.82) is 0 Å². The molecule has 0 radical (unpaired) electrons. The van der Waals surface area contributed by atoms with Gasteiger partial charge in [0.15, 0.2) is 0 Å². The van der Waals surface area contributed by atoms with E-state index in [1.165, 1.54) is 0 Å². The third-order valence-electron chi connectivity index (χ3n) is 4.26. The molecule has 102 valence electrons. The number of rotatable bonds is 5. The van der Waals surface area contributed by atoms with Gasteiger partial charge in [0.1, 0.15) is 5.54 Å². The van der Waals surface area contributed by atoms with Crippen LogP contribution >= 0.6 is 0 Å². The van der Waals surface area contributed by atoms with E-state index in [4.69, 9.17) is 0 Å². The second-order valence-electron chi connectivity index (χ2n) is 6.19. The molecule has 1 unspecified atom stereocenters. The topological polar surface area (TPSA) is 49.4 Å². The van der Waals surface area contributed by atoms with Gasteiger partial charge in [-0.05, 0) is 44.4 Å². The summed E-state index contributed by atoms with van der Waals surface area (Å²) in [4.78, 5) is 26.1. The summed E-state index contributed by atoms with van der Waals surface area (Å²) in [5, 5.41) is 2.74. The van der Waals surface area contributed by atoms with Gasteiger partial charge in [-0.15, -0.1) is 0 Å². The molecule has 4 nitrogen and oxygen atoms in total. The molecular formula is C14H24N2O2. The fourth-order valence-electron chi connectivity index (χ4n) is 2.88. The van der Waals surface area contributed by atoms with Crippen molar-refractivity contribution < 1.29 is 9.59 Å². The van der Waals surface area contributed by atoms with Gasteiger partial charge in [-0.2, -0.15) is 0 Å². The molecule has 2 aliphatic rings. The maximum absolute atomic E-state index is 12.1. The van der Waals surface area contributed by atoms with Crippen LogP contribution in [0.3, 0.4) is 0 Å². The average molecular weight is 252 g/mol. The van der Waals surface area contributed by atoms with Crippen molar-refractivity contribution in [3.05, 3.63) is 0 Å². The Morgan fingerprint density at radius 1 is 1.39 bits per heavy atom. The lowest BCUT2D eigenvalue weighted by atomic mass is 9.89. The van der Waals surface area contributed by atoms with Crippen molar-refractivity contribution >= 4 is 11.8 Å². The molecule has 0 aromatic carbocycles. The first kappa shape index (κ1) is 13.4. The van der Waals surface area contributed by atoms with Gasteiger partial charge < -0.3 is 10.2 Å². The van der Waals surface area contributed by atoms with Crippen LogP contribution in [0.1, 0.15) is 46.5 Å². The van der Waals surface area contributed by atoms with Gasteiger partial charge in [0, 0.05) is 6.54 Å². The first-order valence-corrected chi connectivity index (χ1v) is 7.05. The highest BCUT2D eigenvalue weighted by Crippen LogP contribution is 2.44. The predicted molar refractivity (Wildman–Crippen MR) is 69.9 cm³/mol. The molecule has 0 spiro atoms. The van der Waals surface area contributed by atoms with Crippen molar-refractivity contribution in [2.75, 3.05) is 13.1 Å². The number of carbonyl (C=O) groups is 2. The van der Waals surface area contributed by atoms with Crippen LogP contribution in [0.15, 0.2) is 0 Å². The molecule has 1 N–H and O–H groups in total. The van der Waals surface area contributed by atoms with Crippen LogP contribution in [0.2, 0.25) is 0 Å². The van der Waals surface area contributed by atoms with Gasteiger partial charge in [0.05, 0.1) is 6.54 Å². The normalized spacial score (nSPS) is 28.8. The Kier molecular flexibility index (Phi) is 3.64. The molecule has 2 fully saturated rings. The van der Waals surface area contributed by atoms with Crippen molar-refractivity contribution in [3.8, 4) is 0 Å². The number of carbonyl (C=O) groups excluding carboxylic acids is 2. The van der Waals surface area contributed by atoms with E-state index >= 15 is 0 Å². The van der Waals surface area contributed by atoms with Crippen molar-refractivity contribution in [2.45, 2.75) is 52.0 Å². The van der Waals surface area contributed by atoms with Crippen LogP contribution in [-0.2, 0) is 9.59 Å². The molecular weight excluding hydrogens is 228 g/mol. The van der Waals surface area contributed by atoms with E-state index in [0.29, 0.717) is 11.8 Å². The number of nitrogens with one attached hydrogen (secondary N) is 1. The summed E-state index contributed by atoms with van der Waals surface area (Å²) in [6, 6.07) is 0. The number of hydrogen-bond acceptors (Lipinski definition) is 2. The van der Waals surface area contributed by atoms with Crippen LogP contribution in [0.5, 0.6) is 0 Å². The molecule has 18 heavy (non-hydrogen) atoms. The molecule has 0 aromatic rings. The van der Waals surface area contributed by atoms with E-state index in [2.05, 4.69) is 19.2 Å². The van der Waals surface area contributed by atoms with Crippen LogP contribution in [-0.4, -0.2) is 35.3 Å². The Bertz CT molecular complexity index is 350. The number of piperazine rings is 1. The fraction of sp³-hybridized carbons (Fsp3) is 0.857. The molecule has 1 saturated carbocycles. The van der Waals surface area contributed by atoms with Gasteiger partial charge in [-0.1, -0.05) is 13.8 Å². The highest BCUT2D eigenvalue weighted by atomic mass is 16.2. The summed E-state index contributed by atoms with van der Waals surface area (Å²) in [5.41, 5.74) is -0.591. The fourth-order valence-corrected chi connectivity index (χ4v) is 2.88. The molecule has 1 saturated heterocycles. The SMILES string of the molecule is CC(C)CCCN1C(=O)CNC(=O)C1(C)C1CC1. The molecule has 1 heterocycles. The second-order valence-corrected chi connectivity index (χ2v) is 6.19. The maximum Gasteiger partial charge on any atom is 0.246 e. The van der Waals surface area contributed by atoms with E-state index in [-0.39, 0.29) is 18.4 Å². The quantitative estimate of drug-likeness (QED) is 0.807. The first-order valence-electron chi connectivity index (χ1n) is 7.05. The van der Waals surface area contributed by atoms with Crippen LogP contribution < -0.4 is 5.32 Å². The highest BCUT2D eigenvalue weighted by molar-refractivity contribution is 5.98. The van der Waals surface area contributed by atoms with Crippen molar-refractivity contribution in [1.82, 2.24) is 10.2 Å². The average Bonchev–Trinajstić information content (AvgIpc) is 3.12. The molecule has 4 heteroatoms. The van der Waals surface area contributed by atoms with Gasteiger partial charge in [-0.3, -0.25) is 9.59 Å². The van der Waals surface area contributed by atoms with Crippen LogP contribution in [0.25, 0.3) is 0 Å². The molecule has 2 rings (SSSR count). The minimum absolute atomic E-state index is 0.0362. The molecule has 1 atom stereocenters. The predicted octanol–water partition coefficient (Wildman–Crippen LogP) is 1.55. The molecule has 1 aliphatic carbocycles. The molecule has 1 aliphatic heterocycles. The Balaban J connectivity index is 2.06. The van der Waals surface area contributed by atoms with E-state index < -0.39 is 5.54 Å². The van der Waals surface area contributed by atoms with Gasteiger partial charge >= 0.3 is 0 Å². The highest BCUT2D eigenvalue weighted by Gasteiger charge is 2.54. The lowest BCUT2D eigenvalue weighted by Crippen LogP contribution is -2.67. The zero-order chi connectivity index (χ0) is 13.3. The lowest BCUT2D eigenvalue weighted by molar-refractivity contribution is -0.154. The summed E-state index contributed by atoms with van der Waals surface area (Å²) in [7, 11) is 0. The van der Waals surface area contributed by atoms with E-state index in [9.17, 15) is 9.59 Å². The molecule has 0 aromatic heterocycles. The molecule has 2 amide bonds. The molecule has 0 bridgehead atoms. The largest absolute Gasteiger partial charge is 0.345 e. The lowest BCUT2D eigenvalue weighted by Gasteiger charge is -2.44. The van der Waals surface area contributed by atoms with Gasteiger partial charge in [0.2, 0.25) is 11.8 Å². The van der Waals surface area contributed by atoms with Gasteiger partial charge in [0.25, 0.3) is 0 Å². The van der Waals surface area contributed by atoms with E-state index in [1.54, 1.807) is 0 Å². The first-order chi connectivity index (χ1) is 8.46. The van der Waals surface area contributed by atoms with E-state index in [0.717, 1.165) is 32.2 Å². The smallest absolute Gasteiger partial charge is 0.246 e. The zero-order valence-electron chi connectivity index (χ0n) is 11.7. The summed E-state index contributed by atoms with van der Waals surface area (Å²) in [6.45, 7) is 7.20. The number of nitrogens with zero attached hydrogens (tertiary/aromatic N) is 1. The summed E-state index contributed by atoms with van der Waals surface area (Å²) in [6.07, 6.45) is 4.22. The van der Waals surface area contributed by atoms with Crippen molar-refractivity contribution in [3.63, 3.8) is 0 Å². The summed E-state index contributed by atoms with van der Waals surface area (Å²) in [5.74, 6) is 1.12. The minimum atomic E-state index is -0.591. The summed E-state index contributed by atoms with van der Waals surface area (Å²) >= 11 is 0. The van der Waals surface area contributed by atoms with Crippen LogP contribution in [0, 0.1) is 11.8 Å². The maximum atomic E-state index is 12.1. The Labute approximate surface area is 109 Å². The third kappa shape index (κ3) is 2.38. The van der Waals surface area contributed by atoms with Gasteiger partial charge in [-0.25, -0.2) is 0 Å². The Hall–Kier alpha value is -1.06. The van der Waals surface area contributed by atoms with Crippen LogP contribution in [0.4, 0.5) is 0 Å². The number of hydrogen-bond donors (Lipinski definition) is 1. The third-order valence-corrected chi connectivity index (χ3v) is 4.26. The monoisotopic (exact) mass is 252 g/mol. The standard InChI is InChI=1S/C14H24N2O2/c1-10(2)5-4-8-16-12(17)9-15-13(18)14(16,3)11-6-7-11/h10-11H,4-9H2,1-3H3,(H,15,18). The minimum Gasteiger partial charge on any atom is -0.345 e.